The van der Waals surface area contributed by atoms with E-state index in [1.54, 1.807) is 32.0 Å². The summed E-state index contributed by atoms with van der Waals surface area (Å²) in [7, 11) is 0. The van der Waals surface area contributed by atoms with Crippen molar-refractivity contribution in [2.24, 2.45) is 11.7 Å². The fourth-order valence-electron chi connectivity index (χ4n) is 1.75. The number of Topliss-reactive ketones (excluding diaryl/α,β-unsaturated/α-hetero) is 1. The van der Waals surface area contributed by atoms with Gasteiger partial charge in [0.05, 0.1) is 5.69 Å². The van der Waals surface area contributed by atoms with Crippen molar-refractivity contribution in [3.63, 3.8) is 0 Å². The molecule has 1 amide bonds. The Morgan fingerprint density at radius 2 is 2.28 bits per heavy atom. The summed E-state index contributed by atoms with van der Waals surface area (Å²) in [5.41, 5.74) is 6.54. The number of hydrogen-bond acceptors (Lipinski definition) is 4. The normalized spacial score (nSPS) is 19.5. The largest absolute Gasteiger partial charge is 0.479 e. The van der Waals surface area contributed by atoms with Gasteiger partial charge in [-0.25, -0.2) is 0 Å². The average molecular weight is 248 g/mol. The fraction of sp³-hybridized carbons (Fsp3) is 0.385. The smallest absolute Gasteiger partial charge is 0.265 e. The maximum absolute atomic E-state index is 12.0. The number of ether oxygens (including phenoxy) is 1. The Morgan fingerprint density at radius 1 is 1.56 bits per heavy atom. The number of benzene rings is 1. The van der Waals surface area contributed by atoms with E-state index in [4.69, 9.17) is 10.5 Å². The Morgan fingerprint density at radius 3 is 2.94 bits per heavy atom. The van der Waals surface area contributed by atoms with Gasteiger partial charge in [0.2, 0.25) is 0 Å². The zero-order chi connectivity index (χ0) is 13.3. The minimum atomic E-state index is -0.512. The minimum absolute atomic E-state index is 0.0341. The lowest BCUT2D eigenvalue weighted by Crippen LogP contribution is -2.34. The lowest BCUT2D eigenvalue weighted by atomic mass is 9.98. The number of carbonyl (C=O) groups is 2. The Labute approximate surface area is 105 Å². The van der Waals surface area contributed by atoms with Crippen LogP contribution >= 0.6 is 0 Å². The third-order valence-corrected chi connectivity index (χ3v) is 3.00. The molecule has 5 nitrogen and oxygen atoms in total. The maximum Gasteiger partial charge on any atom is 0.265 e. The van der Waals surface area contributed by atoms with Gasteiger partial charge in [0.25, 0.3) is 5.91 Å². The van der Waals surface area contributed by atoms with Crippen LogP contribution in [0.25, 0.3) is 0 Å². The Bertz CT molecular complexity index is 499. The van der Waals surface area contributed by atoms with Crippen LogP contribution in [0.2, 0.25) is 0 Å². The van der Waals surface area contributed by atoms with Crippen LogP contribution in [0.4, 0.5) is 5.69 Å². The summed E-state index contributed by atoms with van der Waals surface area (Å²) in [6.45, 7) is 3.75. The van der Waals surface area contributed by atoms with Gasteiger partial charge < -0.3 is 15.8 Å². The van der Waals surface area contributed by atoms with Gasteiger partial charge in [-0.05, 0) is 25.1 Å². The standard InChI is InChI=1S/C13H16N2O3/c1-7(6-14)12(16)9-3-4-11-10(5-9)15-13(17)8(2)18-11/h3-5,7-8H,6,14H2,1-2H3,(H,15,17). The molecule has 18 heavy (non-hydrogen) atoms. The lowest BCUT2D eigenvalue weighted by Gasteiger charge is -2.23. The predicted octanol–water partition coefficient (Wildman–Crippen LogP) is 1.18. The van der Waals surface area contributed by atoms with Crippen molar-refractivity contribution in [3.05, 3.63) is 23.8 Å². The van der Waals surface area contributed by atoms with Crippen molar-refractivity contribution in [1.29, 1.82) is 0 Å². The number of ketones is 1. The molecule has 1 aliphatic heterocycles. The maximum atomic E-state index is 12.0. The lowest BCUT2D eigenvalue weighted by molar-refractivity contribution is -0.122. The topological polar surface area (TPSA) is 81.4 Å². The van der Waals surface area contributed by atoms with E-state index < -0.39 is 6.10 Å². The molecule has 3 N–H and O–H groups in total. The van der Waals surface area contributed by atoms with Crippen LogP contribution in [0.15, 0.2) is 18.2 Å². The van der Waals surface area contributed by atoms with Crippen molar-refractivity contribution in [2.45, 2.75) is 20.0 Å². The third kappa shape index (κ3) is 2.22. The monoisotopic (exact) mass is 248 g/mol. The molecule has 0 aliphatic carbocycles. The van der Waals surface area contributed by atoms with Gasteiger partial charge in [-0.2, -0.15) is 0 Å². The summed E-state index contributed by atoms with van der Waals surface area (Å²) < 4.78 is 5.42. The van der Waals surface area contributed by atoms with E-state index in [0.717, 1.165) is 0 Å². The molecule has 0 aromatic heterocycles. The second kappa shape index (κ2) is 4.78. The first-order chi connectivity index (χ1) is 8.52. The van der Waals surface area contributed by atoms with E-state index in [1.165, 1.54) is 0 Å². The number of hydrogen-bond donors (Lipinski definition) is 2. The molecule has 0 saturated carbocycles. The Kier molecular flexibility index (Phi) is 3.34. The first-order valence-corrected chi connectivity index (χ1v) is 5.88. The third-order valence-electron chi connectivity index (χ3n) is 3.00. The zero-order valence-corrected chi connectivity index (χ0v) is 10.4. The van der Waals surface area contributed by atoms with Crippen molar-refractivity contribution >= 4 is 17.4 Å². The molecule has 1 heterocycles. The molecule has 2 atom stereocenters. The van der Waals surface area contributed by atoms with Crippen LogP contribution in [-0.2, 0) is 4.79 Å². The van der Waals surface area contributed by atoms with Gasteiger partial charge in [0.15, 0.2) is 11.9 Å². The van der Waals surface area contributed by atoms with Gasteiger partial charge in [-0.1, -0.05) is 6.92 Å². The highest BCUT2D eigenvalue weighted by atomic mass is 16.5. The van der Waals surface area contributed by atoms with Crippen molar-refractivity contribution < 1.29 is 14.3 Å². The van der Waals surface area contributed by atoms with E-state index in [9.17, 15) is 9.59 Å². The molecule has 2 unspecified atom stereocenters. The van der Waals surface area contributed by atoms with Crippen LogP contribution < -0.4 is 15.8 Å². The molecule has 0 fully saturated rings. The number of anilines is 1. The molecular weight excluding hydrogens is 232 g/mol. The molecule has 0 saturated heterocycles. The highest BCUT2D eigenvalue weighted by Gasteiger charge is 2.24. The Balaban J connectivity index is 2.30. The first kappa shape index (κ1) is 12.6. The molecule has 0 spiro atoms. The average Bonchev–Trinajstić information content (AvgIpc) is 2.37. The number of carbonyl (C=O) groups excluding carboxylic acids is 2. The van der Waals surface area contributed by atoms with Crippen molar-refractivity contribution in [2.75, 3.05) is 11.9 Å². The minimum Gasteiger partial charge on any atom is -0.479 e. The summed E-state index contributed by atoms with van der Waals surface area (Å²) in [5.74, 6) is 0.105. The Hall–Kier alpha value is -1.88. The molecule has 1 aromatic rings. The number of amides is 1. The SMILES string of the molecule is CC(CN)C(=O)c1ccc2c(c1)NC(=O)C(C)O2. The number of fused-ring (bicyclic) bond motifs is 1. The molecule has 1 aromatic carbocycles. The summed E-state index contributed by atoms with van der Waals surface area (Å²) >= 11 is 0. The van der Waals surface area contributed by atoms with E-state index >= 15 is 0 Å². The van der Waals surface area contributed by atoms with Crippen LogP contribution in [0.3, 0.4) is 0 Å². The van der Waals surface area contributed by atoms with E-state index in [0.29, 0.717) is 23.5 Å². The number of nitrogens with two attached hydrogens (primary N) is 1. The van der Waals surface area contributed by atoms with Crippen LogP contribution in [0, 0.1) is 5.92 Å². The van der Waals surface area contributed by atoms with Crippen molar-refractivity contribution in [3.8, 4) is 5.75 Å². The molecule has 96 valence electrons. The molecule has 2 rings (SSSR count). The zero-order valence-electron chi connectivity index (χ0n) is 10.4. The second-order valence-electron chi connectivity index (χ2n) is 4.46. The molecule has 1 aliphatic rings. The molecule has 0 bridgehead atoms. The van der Waals surface area contributed by atoms with E-state index in [2.05, 4.69) is 5.32 Å². The van der Waals surface area contributed by atoms with Gasteiger partial charge in [-0.15, -0.1) is 0 Å². The fourth-order valence-corrected chi connectivity index (χ4v) is 1.75. The second-order valence-corrected chi connectivity index (χ2v) is 4.46. The molecular formula is C13H16N2O3. The first-order valence-electron chi connectivity index (χ1n) is 5.88. The van der Waals surface area contributed by atoms with Crippen LogP contribution in [-0.4, -0.2) is 24.3 Å². The van der Waals surface area contributed by atoms with Crippen molar-refractivity contribution in [1.82, 2.24) is 0 Å². The highest BCUT2D eigenvalue weighted by Crippen LogP contribution is 2.30. The van der Waals surface area contributed by atoms with Crippen LogP contribution in [0.5, 0.6) is 5.75 Å². The number of rotatable bonds is 3. The summed E-state index contributed by atoms with van der Waals surface area (Å²) in [6, 6.07) is 5.02. The number of nitrogens with one attached hydrogen (secondary N) is 1. The molecule has 0 radical (unpaired) electrons. The molecule has 5 heteroatoms. The van der Waals surface area contributed by atoms with Crippen LogP contribution in [0.1, 0.15) is 24.2 Å². The summed E-state index contributed by atoms with van der Waals surface area (Å²) in [6.07, 6.45) is -0.512. The van der Waals surface area contributed by atoms with Gasteiger partial charge >= 0.3 is 0 Å². The highest BCUT2D eigenvalue weighted by molar-refractivity contribution is 6.02. The van der Waals surface area contributed by atoms with E-state index in [1.807, 2.05) is 0 Å². The van der Waals surface area contributed by atoms with E-state index in [-0.39, 0.29) is 17.6 Å². The van der Waals surface area contributed by atoms with Gasteiger partial charge in [-0.3, -0.25) is 9.59 Å². The predicted molar refractivity (Wildman–Crippen MR) is 67.7 cm³/mol. The quantitative estimate of drug-likeness (QED) is 0.787. The summed E-state index contributed by atoms with van der Waals surface area (Å²) in [4.78, 5) is 23.5. The van der Waals surface area contributed by atoms with Gasteiger partial charge in [0, 0.05) is 18.0 Å². The summed E-state index contributed by atoms with van der Waals surface area (Å²) in [5, 5.41) is 2.71. The van der Waals surface area contributed by atoms with Gasteiger partial charge in [0.1, 0.15) is 5.75 Å².